The van der Waals surface area contributed by atoms with E-state index in [1.54, 1.807) is 5.57 Å². The molecule has 0 saturated heterocycles. The highest BCUT2D eigenvalue weighted by atomic mass is 14.4. The van der Waals surface area contributed by atoms with Crippen molar-refractivity contribution in [2.45, 2.75) is 78.1 Å². The van der Waals surface area contributed by atoms with Gasteiger partial charge in [0.1, 0.15) is 0 Å². The van der Waals surface area contributed by atoms with Gasteiger partial charge in [-0.05, 0) is 56.3 Å². The predicted molar refractivity (Wildman–Crippen MR) is 71.5 cm³/mol. The summed E-state index contributed by atoms with van der Waals surface area (Å²) in [6, 6.07) is 0. The Morgan fingerprint density at radius 3 is 2.62 bits per heavy atom. The van der Waals surface area contributed by atoms with Gasteiger partial charge in [-0.3, -0.25) is 0 Å². The van der Waals surface area contributed by atoms with E-state index >= 15 is 0 Å². The lowest BCUT2D eigenvalue weighted by Gasteiger charge is -2.41. The Hall–Kier alpha value is -0.260. The van der Waals surface area contributed by atoms with Crippen LogP contribution in [0.3, 0.4) is 0 Å². The Morgan fingerprint density at radius 2 is 1.94 bits per heavy atom. The molecule has 0 heteroatoms. The minimum absolute atomic E-state index is 0.690. The van der Waals surface area contributed by atoms with E-state index in [0.717, 1.165) is 5.92 Å². The van der Waals surface area contributed by atoms with Crippen molar-refractivity contribution in [2.75, 3.05) is 0 Å². The van der Waals surface area contributed by atoms with Crippen molar-refractivity contribution in [1.82, 2.24) is 0 Å². The van der Waals surface area contributed by atoms with Crippen molar-refractivity contribution in [3.8, 4) is 0 Å². The first-order valence-electron chi connectivity index (χ1n) is 7.42. The highest BCUT2D eigenvalue weighted by Crippen LogP contribution is 2.47. The predicted octanol–water partition coefficient (Wildman–Crippen LogP) is 5.48. The molecule has 16 heavy (non-hydrogen) atoms. The molecule has 1 saturated carbocycles. The maximum atomic E-state index is 2.58. The summed E-state index contributed by atoms with van der Waals surface area (Å²) in [5, 5.41) is 0. The average molecular weight is 220 g/mol. The van der Waals surface area contributed by atoms with E-state index in [1.165, 1.54) is 64.2 Å². The van der Waals surface area contributed by atoms with Crippen LogP contribution in [0, 0.1) is 11.3 Å². The van der Waals surface area contributed by atoms with Crippen molar-refractivity contribution < 1.29 is 0 Å². The summed E-state index contributed by atoms with van der Waals surface area (Å²) in [5.41, 5.74) is 2.41. The van der Waals surface area contributed by atoms with Crippen LogP contribution in [0.2, 0.25) is 0 Å². The van der Waals surface area contributed by atoms with Gasteiger partial charge in [-0.25, -0.2) is 0 Å². The molecule has 0 radical (unpaired) electrons. The Morgan fingerprint density at radius 1 is 1.19 bits per heavy atom. The molecule has 0 amide bonds. The van der Waals surface area contributed by atoms with Crippen molar-refractivity contribution in [3.63, 3.8) is 0 Å². The van der Waals surface area contributed by atoms with Crippen LogP contribution in [0.25, 0.3) is 0 Å². The molecule has 0 aromatic rings. The fourth-order valence-electron chi connectivity index (χ4n) is 3.88. The van der Waals surface area contributed by atoms with Crippen LogP contribution in [-0.4, -0.2) is 0 Å². The van der Waals surface area contributed by atoms with Crippen LogP contribution in [0.4, 0.5) is 0 Å². The van der Waals surface area contributed by atoms with Crippen LogP contribution in [0.15, 0.2) is 11.6 Å². The minimum atomic E-state index is 0.690. The molecule has 0 spiro atoms. The molecule has 0 N–H and O–H groups in total. The summed E-state index contributed by atoms with van der Waals surface area (Å²) in [5.74, 6) is 1.01. The normalized spacial score (nSPS) is 30.6. The van der Waals surface area contributed by atoms with E-state index in [2.05, 4.69) is 19.9 Å². The van der Waals surface area contributed by atoms with Gasteiger partial charge in [0, 0.05) is 0 Å². The summed E-state index contributed by atoms with van der Waals surface area (Å²) < 4.78 is 0. The first-order chi connectivity index (χ1) is 7.74. The van der Waals surface area contributed by atoms with E-state index in [-0.39, 0.29) is 0 Å². The molecule has 0 heterocycles. The van der Waals surface area contributed by atoms with Gasteiger partial charge in [-0.1, -0.05) is 44.8 Å². The van der Waals surface area contributed by atoms with Gasteiger partial charge in [0.15, 0.2) is 0 Å². The second-order valence-corrected chi connectivity index (χ2v) is 6.24. The molecule has 2 rings (SSSR count). The second-order valence-electron chi connectivity index (χ2n) is 6.24. The van der Waals surface area contributed by atoms with Gasteiger partial charge in [0.2, 0.25) is 0 Å². The van der Waals surface area contributed by atoms with E-state index in [0.29, 0.717) is 5.41 Å². The van der Waals surface area contributed by atoms with E-state index in [4.69, 9.17) is 0 Å². The lowest BCUT2D eigenvalue weighted by Crippen LogP contribution is -2.29. The summed E-state index contributed by atoms with van der Waals surface area (Å²) in [6.45, 7) is 4.89. The van der Waals surface area contributed by atoms with Crippen molar-refractivity contribution in [2.24, 2.45) is 11.3 Å². The fraction of sp³-hybridized carbons (Fsp3) is 0.875. The van der Waals surface area contributed by atoms with Crippen molar-refractivity contribution >= 4 is 0 Å². The molecule has 2 aliphatic carbocycles. The third-order valence-electron chi connectivity index (χ3n) is 5.20. The standard InChI is InChI=1S/C16H28/c1-3-14-8-7-9-15(11-10-14)16(2)12-5-4-6-13-16/h8,15H,3-7,9-13H2,1-2H3. The largest absolute Gasteiger partial charge is 0.0853 e. The zero-order valence-electron chi connectivity index (χ0n) is 11.2. The summed E-state index contributed by atoms with van der Waals surface area (Å²) in [4.78, 5) is 0. The Bertz CT molecular complexity index is 243. The van der Waals surface area contributed by atoms with Gasteiger partial charge in [0.05, 0.1) is 0 Å². The average Bonchev–Trinajstić information content (AvgIpc) is 2.55. The number of hydrogen-bond donors (Lipinski definition) is 0. The molecule has 0 bridgehead atoms. The SMILES string of the molecule is CCC1=CCCC(C2(C)CCCCC2)CC1. The van der Waals surface area contributed by atoms with E-state index in [1.807, 2.05) is 0 Å². The first-order valence-corrected chi connectivity index (χ1v) is 7.42. The van der Waals surface area contributed by atoms with Gasteiger partial charge < -0.3 is 0 Å². The Kier molecular flexibility index (Phi) is 4.10. The first kappa shape index (κ1) is 12.2. The monoisotopic (exact) mass is 220 g/mol. The van der Waals surface area contributed by atoms with Crippen LogP contribution in [-0.2, 0) is 0 Å². The topological polar surface area (TPSA) is 0 Å². The van der Waals surface area contributed by atoms with Gasteiger partial charge in [0.25, 0.3) is 0 Å². The van der Waals surface area contributed by atoms with Crippen LogP contribution in [0.1, 0.15) is 78.1 Å². The zero-order chi connectivity index (χ0) is 11.4. The highest BCUT2D eigenvalue weighted by molar-refractivity contribution is 5.05. The molecule has 0 aromatic carbocycles. The smallest absolute Gasteiger partial charge is 0.0297 e. The summed E-state index contributed by atoms with van der Waals surface area (Å²) in [6.07, 6.45) is 16.9. The fourth-order valence-corrected chi connectivity index (χ4v) is 3.88. The molecular weight excluding hydrogens is 192 g/mol. The van der Waals surface area contributed by atoms with Crippen LogP contribution < -0.4 is 0 Å². The van der Waals surface area contributed by atoms with Crippen molar-refractivity contribution in [1.29, 1.82) is 0 Å². The lowest BCUT2D eigenvalue weighted by atomic mass is 9.65. The van der Waals surface area contributed by atoms with E-state index < -0.39 is 0 Å². The van der Waals surface area contributed by atoms with Crippen LogP contribution in [0.5, 0.6) is 0 Å². The highest BCUT2D eigenvalue weighted by Gasteiger charge is 2.35. The third kappa shape index (κ3) is 2.70. The van der Waals surface area contributed by atoms with Gasteiger partial charge in [-0.2, -0.15) is 0 Å². The zero-order valence-corrected chi connectivity index (χ0v) is 11.2. The minimum Gasteiger partial charge on any atom is -0.0853 e. The Balaban J connectivity index is 1.95. The molecule has 1 atom stereocenters. The lowest BCUT2D eigenvalue weighted by molar-refractivity contribution is 0.106. The molecular formula is C16H28. The molecule has 0 aromatic heterocycles. The van der Waals surface area contributed by atoms with Crippen LogP contribution >= 0.6 is 0 Å². The second kappa shape index (κ2) is 5.38. The molecule has 0 aliphatic heterocycles. The maximum Gasteiger partial charge on any atom is -0.0297 e. The number of allylic oxidation sites excluding steroid dienone is 2. The molecule has 0 nitrogen and oxygen atoms in total. The molecule has 1 unspecified atom stereocenters. The number of hydrogen-bond acceptors (Lipinski definition) is 0. The van der Waals surface area contributed by atoms with Crippen molar-refractivity contribution in [3.05, 3.63) is 11.6 Å². The summed E-state index contributed by atoms with van der Waals surface area (Å²) in [7, 11) is 0. The molecule has 2 aliphatic rings. The van der Waals surface area contributed by atoms with E-state index in [9.17, 15) is 0 Å². The van der Waals surface area contributed by atoms with Gasteiger partial charge >= 0.3 is 0 Å². The maximum absolute atomic E-state index is 2.58. The Labute approximate surface area is 102 Å². The molecule has 92 valence electrons. The summed E-state index contributed by atoms with van der Waals surface area (Å²) >= 11 is 0. The molecule has 1 fully saturated rings. The van der Waals surface area contributed by atoms with Gasteiger partial charge in [-0.15, -0.1) is 0 Å². The third-order valence-corrected chi connectivity index (χ3v) is 5.20. The number of rotatable bonds is 2. The quantitative estimate of drug-likeness (QED) is 0.540.